The van der Waals surface area contributed by atoms with E-state index in [9.17, 15) is 9.59 Å². The minimum absolute atomic E-state index is 0.0117. The number of ether oxygens (including phenoxy) is 2. The highest BCUT2D eigenvalue weighted by molar-refractivity contribution is 5.99. The van der Waals surface area contributed by atoms with Gasteiger partial charge in [0.1, 0.15) is 0 Å². The van der Waals surface area contributed by atoms with E-state index in [1.54, 1.807) is 25.1 Å². The van der Waals surface area contributed by atoms with Crippen molar-refractivity contribution in [1.29, 1.82) is 0 Å². The van der Waals surface area contributed by atoms with Gasteiger partial charge < -0.3 is 14.8 Å². The lowest BCUT2D eigenvalue weighted by molar-refractivity contribution is -0.120. The molecule has 1 N–H and O–H groups in total. The van der Waals surface area contributed by atoms with E-state index in [0.717, 1.165) is 0 Å². The van der Waals surface area contributed by atoms with Gasteiger partial charge in [0.25, 0.3) is 0 Å². The van der Waals surface area contributed by atoms with Crippen LogP contribution in [-0.2, 0) is 4.79 Å². The van der Waals surface area contributed by atoms with Crippen LogP contribution in [-0.4, -0.2) is 32.5 Å². The Morgan fingerprint density at radius 2 is 1.83 bits per heavy atom. The number of hydrogen-bond donors (Lipinski definition) is 1. The van der Waals surface area contributed by atoms with Crippen LogP contribution in [0.25, 0.3) is 0 Å². The Morgan fingerprint density at radius 3 is 2.39 bits per heavy atom. The Kier molecular flexibility index (Phi) is 5.17. The van der Waals surface area contributed by atoms with Gasteiger partial charge in [-0.05, 0) is 18.2 Å². The van der Waals surface area contributed by atoms with Gasteiger partial charge in [0.05, 0.1) is 20.8 Å². The molecule has 1 rings (SSSR count). The first-order valence-corrected chi connectivity index (χ1v) is 5.64. The molecule has 0 aliphatic carbocycles. The summed E-state index contributed by atoms with van der Waals surface area (Å²) in [5, 5.41) is 2.54. The number of hydrogen-bond acceptors (Lipinski definition) is 4. The van der Waals surface area contributed by atoms with Crippen LogP contribution >= 0.6 is 0 Å². The average Bonchev–Trinajstić information content (AvgIpc) is 2.43. The van der Waals surface area contributed by atoms with E-state index in [4.69, 9.17) is 9.47 Å². The lowest BCUT2D eigenvalue weighted by Gasteiger charge is -2.09. The Bertz CT molecular complexity index is 443. The lowest BCUT2D eigenvalue weighted by atomic mass is 10.1. The summed E-state index contributed by atoms with van der Waals surface area (Å²) < 4.78 is 10.2. The molecular formula is C13H17NO4. The predicted molar refractivity (Wildman–Crippen MR) is 67.2 cm³/mol. The normalized spacial score (nSPS) is 9.72. The molecule has 5 heteroatoms. The highest BCUT2D eigenvalue weighted by Gasteiger charge is 2.11. The fraction of sp³-hybridized carbons (Fsp3) is 0.385. The molecule has 0 heterocycles. The first-order valence-electron chi connectivity index (χ1n) is 5.64. The number of rotatable bonds is 6. The van der Waals surface area contributed by atoms with Gasteiger partial charge in [0, 0.05) is 12.0 Å². The van der Waals surface area contributed by atoms with Gasteiger partial charge in [-0.1, -0.05) is 6.92 Å². The molecule has 1 aromatic carbocycles. The van der Waals surface area contributed by atoms with Gasteiger partial charge in [-0.3, -0.25) is 9.59 Å². The molecule has 0 aliphatic heterocycles. The Morgan fingerprint density at radius 1 is 1.17 bits per heavy atom. The molecule has 0 unspecified atom stereocenters. The molecule has 0 saturated carbocycles. The largest absolute Gasteiger partial charge is 0.493 e. The maximum absolute atomic E-state index is 11.8. The summed E-state index contributed by atoms with van der Waals surface area (Å²) in [5.74, 6) is 0.735. The molecule has 0 spiro atoms. The van der Waals surface area contributed by atoms with Crippen LogP contribution in [0.5, 0.6) is 11.5 Å². The number of carbonyl (C=O) groups is 2. The van der Waals surface area contributed by atoms with Crippen LogP contribution < -0.4 is 14.8 Å². The molecule has 0 aliphatic rings. The summed E-state index contributed by atoms with van der Waals surface area (Å²) in [6.07, 6.45) is 0.360. The van der Waals surface area contributed by atoms with Gasteiger partial charge in [-0.25, -0.2) is 0 Å². The molecule has 0 saturated heterocycles. The summed E-state index contributed by atoms with van der Waals surface area (Å²) in [6, 6.07) is 4.90. The van der Waals surface area contributed by atoms with E-state index in [-0.39, 0.29) is 18.2 Å². The fourth-order valence-electron chi connectivity index (χ4n) is 1.42. The molecule has 0 atom stereocenters. The first kappa shape index (κ1) is 14.0. The van der Waals surface area contributed by atoms with E-state index in [1.807, 2.05) is 0 Å². The van der Waals surface area contributed by atoms with Crippen LogP contribution in [0.15, 0.2) is 18.2 Å². The molecule has 1 amide bonds. The second-order valence-electron chi connectivity index (χ2n) is 3.62. The molecule has 18 heavy (non-hydrogen) atoms. The van der Waals surface area contributed by atoms with Gasteiger partial charge in [-0.15, -0.1) is 0 Å². The zero-order valence-corrected chi connectivity index (χ0v) is 10.8. The number of Topliss-reactive ketones (excluding diaryl/α,β-unsaturated/α-hetero) is 1. The molecule has 0 radical (unpaired) electrons. The maximum Gasteiger partial charge on any atom is 0.220 e. The van der Waals surface area contributed by atoms with Crippen molar-refractivity contribution in [3.63, 3.8) is 0 Å². The summed E-state index contributed by atoms with van der Waals surface area (Å²) in [4.78, 5) is 22.9. The maximum atomic E-state index is 11.8. The van der Waals surface area contributed by atoms with E-state index in [2.05, 4.69) is 5.32 Å². The van der Waals surface area contributed by atoms with Crippen LogP contribution in [0.2, 0.25) is 0 Å². The molecule has 0 aromatic heterocycles. The van der Waals surface area contributed by atoms with Gasteiger partial charge in [-0.2, -0.15) is 0 Å². The summed E-state index contributed by atoms with van der Waals surface area (Å²) in [7, 11) is 3.03. The summed E-state index contributed by atoms with van der Waals surface area (Å²) in [5.41, 5.74) is 0.476. The van der Waals surface area contributed by atoms with Gasteiger partial charge >= 0.3 is 0 Å². The number of methoxy groups -OCH3 is 2. The van der Waals surface area contributed by atoms with Crippen LogP contribution in [0, 0.1) is 0 Å². The molecular weight excluding hydrogens is 234 g/mol. The standard InChI is InChI=1S/C13H17NO4/c1-4-13(16)14-8-10(15)9-5-6-11(17-2)12(7-9)18-3/h5-7H,4,8H2,1-3H3,(H,14,16). The molecule has 5 nitrogen and oxygen atoms in total. The zero-order valence-electron chi connectivity index (χ0n) is 10.8. The lowest BCUT2D eigenvalue weighted by Crippen LogP contribution is -2.28. The third kappa shape index (κ3) is 3.48. The molecule has 1 aromatic rings. The molecule has 98 valence electrons. The number of benzene rings is 1. The Balaban J connectivity index is 2.77. The number of nitrogens with one attached hydrogen (secondary N) is 1. The summed E-state index contributed by atoms with van der Waals surface area (Å²) >= 11 is 0. The fourth-order valence-corrected chi connectivity index (χ4v) is 1.42. The summed E-state index contributed by atoms with van der Waals surface area (Å²) in [6.45, 7) is 1.72. The topological polar surface area (TPSA) is 64.6 Å². The van der Waals surface area contributed by atoms with Crippen molar-refractivity contribution in [2.75, 3.05) is 20.8 Å². The van der Waals surface area contributed by atoms with Crippen LogP contribution in [0.4, 0.5) is 0 Å². The smallest absolute Gasteiger partial charge is 0.220 e. The number of ketones is 1. The Hall–Kier alpha value is -2.04. The van der Waals surface area contributed by atoms with Crippen LogP contribution in [0.1, 0.15) is 23.7 Å². The highest BCUT2D eigenvalue weighted by Crippen LogP contribution is 2.27. The van der Waals surface area contributed by atoms with Gasteiger partial charge in [0.2, 0.25) is 5.91 Å². The number of carbonyl (C=O) groups excluding carboxylic acids is 2. The van der Waals surface area contributed by atoms with Gasteiger partial charge in [0.15, 0.2) is 17.3 Å². The number of amides is 1. The average molecular weight is 251 g/mol. The van der Waals surface area contributed by atoms with E-state index in [0.29, 0.717) is 23.5 Å². The van der Waals surface area contributed by atoms with Crippen LogP contribution in [0.3, 0.4) is 0 Å². The molecule has 0 bridgehead atoms. The third-order valence-electron chi connectivity index (χ3n) is 2.47. The monoisotopic (exact) mass is 251 g/mol. The highest BCUT2D eigenvalue weighted by atomic mass is 16.5. The van der Waals surface area contributed by atoms with Crippen molar-refractivity contribution in [2.24, 2.45) is 0 Å². The first-order chi connectivity index (χ1) is 8.62. The van der Waals surface area contributed by atoms with Crippen molar-refractivity contribution < 1.29 is 19.1 Å². The van der Waals surface area contributed by atoms with Crippen molar-refractivity contribution in [3.05, 3.63) is 23.8 Å². The van der Waals surface area contributed by atoms with E-state index < -0.39 is 0 Å². The van der Waals surface area contributed by atoms with Crippen molar-refractivity contribution in [3.8, 4) is 11.5 Å². The SMILES string of the molecule is CCC(=O)NCC(=O)c1ccc(OC)c(OC)c1. The second-order valence-corrected chi connectivity index (χ2v) is 3.62. The Labute approximate surface area is 106 Å². The van der Waals surface area contributed by atoms with Crippen molar-refractivity contribution in [2.45, 2.75) is 13.3 Å². The second kappa shape index (κ2) is 6.64. The minimum Gasteiger partial charge on any atom is -0.493 e. The van der Waals surface area contributed by atoms with E-state index >= 15 is 0 Å². The molecule has 0 fully saturated rings. The quantitative estimate of drug-likeness (QED) is 0.776. The third-order valence-corrected chi connectivity index (χ3v) is 2.47. The van der Waals surface area contributed by atoms with Crippen molar-refractivity contribution >= 4 is 11.7 Å². The minimum atomic E-state index is -0.169. The van der Waals surface area contributed by atoms with Crippen molar-refractivity contribution in [1.82, 2.24) is 5.32 Å². The zero-order chi connectivity index (χ0) is 13.5. The predicted octanol–water partition coefficient (Wildman–Crippen LogP) is 1.41. The van der Waals surface area contributed by atoms with E-state index in [1.165, 1.54) is 14.2 Å².